The number of aliphatic hydroxyl groups is 1. The van der Waals surface area contributed by atoms with Crippen molar-refractivity contribution in [2.24, 2.45) is 0 Å². The number of hydrogen-bond donors (Lipinski definition) is 2. The van der Waals surface area contributed by atoms with Crippen molar-refractivity contribution in [3.8, 4) is 0 Å². The van der Waals surface area contributed by atoms with Crippen LogP contribution in [-0.4, -0.2) is 59.0 Å². The van der Waals surface area contributed by atoms with Crippen LogP contribution in [-0.2, 0) is 9.53 Å². The fourth-order valence-electron chi connectivity index (χ4n) is 1.97. The molecule has 1 atom stereocenters. The molecule has 0 aromatic carbocycles. The molecule has 1 unspecified atom stereocenters. The van der Waals surface area contributed by atoms with E-state index in [4.69, 9.17) is 14.9 Å². The minimum Gasteiger partial charge on any atom is -0.478 e. The van der Waals surface area contributed by atoms with E-state index < -0.39 is 5.97 Å². The average Bonchev–Trinajstić information content (AvgIpc) is 2.14. The lowest BCUT2D eigenvalue weighted by Crippen LogP contribution is -2.54. The van der Waals surface area contributed by atoms with Gasteiger partial charge in [-0.2, -0.15) is 0 Å². The van der Waals surface area contributed by atoms with Crippen LogP contribution < -0.4 is 0 Å². The molecule has 1 saturated heterocycles. The van der Waals surface area contributed by atoms with Crippen LogP contribution in [0.25, 0.3) is 0 Å². The van der Waals surface area contributed by atoms with Gasteiger partial charge in [-0.15, -0.1) is 0 Å². The van der Waals surface area contributed by atoms with Crippen molar-refractivity contribution in [3.05, 3.63) is 12.2 Å². The fourth-order valence-corrected chi connectivity index (χ4v) is 1.97. The highest BCUT2D eigenvalue weighted by Gasteiger charge is 2.33. The van der Waals surface area contributed by atoms with Crippen molar-refractivity contribution in [3.63, 3.8) is 0 Å². The quantitative estimate of drug-likeness (QED) is 0.669. The number of hydrogen-bond acceptors (Lipinski definition) is 4. The summed E-state index contributed by atoms with van der Waals surface area (Å²) in [4.78, 5) is 12.6. The van der Waals surface area contributed by atoms with E-state index in [1.54, 1.807) is 0 Å². The zero-order chi connectivity index (χ0) is 12.3. The standard InChI is InChI=1S/C11H19NO4/c1-8(10(14)15)4-12-5-9(6-13)16-11(2,3)7-12/h9,13H,1,4-7H2,2-3H3,(H,14,15). The number of carboxylic acid groups (broad SMARTS) is 1. The number of morpholine rings is 1. The molecule has 5 heteroatoms. The summed E-state index contributed by atoms with van der Waals surface area (Å²) in [5, 5.41) is 17.9. The second-order valence-corrected chi connectivity index (χ2v) is 4.76. The number of carbonyl (C=O) groups is 1. The summed E-state index contributed by atoms with van der Waals surface area (Å²) in [5.74, 6) is -0.982. The number of rotatable bonds is 4. The largest absolute Gasteiger partial charge is 0.478 e. The molecule has 0 aromatic heterocycles. The normalized spacial score (nSPS) is 25.3. The lowest BCUT2D eigenvalue weighted by Gasteiger charge is -2.42. The SMILES string of the molecule is C=C(CN1CC(CO)OC(C)(C)C1)C(=O)O. The van der Waals surface area contributed by atoms with Crippen molar-refractivity contribution in [1.29, 1.82) is 0 Å². The maximum absolute atomic E-state index is 10.7. The highest BCUT2D eigenvalue weighted by molar-refractivity contribution is 5.86. The van der Waals surface area contributed by atoms with Crippen molar-refractivity contribution in [2.45, 2.75) is 25.6 Å². The van der Waals surface area contributed by atoms with Gasteiger partial charge in [-0.05, 0) is 13.8 Å². The minimum absolute atomic E-state index is 0.0561. The van der Waals surface area contributed by atoms with E-state index in [-0.39, 0.29) is 23.9 Å². The number of aliphatic hydroxyl groups excluding tert-OH is 1. The smallest absolute Gasteiger partial charge is 0.332 e. The second-order valence-electron chi connectivity index (χ2n) is 4.76. The number of ether oxygens (including phenoxy) is 1. The molecular formula is C11H19NO4. The summed E-state index contributed by atoms with van der Waals surface area (Å²) in [7, 11) is 0. The Morgan fingerprint density at radius 1 is 1.62 bits per heavy atom. The van der Waals surface area contributed by atoms with E-state index in [0.717, 1.165) is 0 Å². The number of carboxylic acids is 1. The zero-order valence-corrected chi connectivity index (χ0v) is 9.77. The Morgan fingerprint density at radius 3 is 2.75 bits per heavy atom. The first kappa shape index (κ1) is 13.2. The molecule has 1 aliphatic heterocycles. The number of aliphatic carboxylic acids is 1. The van der Waals surface area contributed by atoms with E-state index in [1.165, 1.54) is 0 Å². The average molecular weight is 229 g/mol. The first-order valence-electron chi connectivity index (χ1n) is 5.26. The Morgan fingerprint density at radius 2 is 2.25 bits per heavy atom. The molecule has 0 aromatic rings. The molecular weight excluding hydrogens is 210 g/mol. The molecule has 2 N–H and O–H groups in total. The van der Waals surface area contributed by atoms with Crippen LogP contribution in [0.5, 0.6) is 0 Å². The number of nitrogens with zero attached hydrogens (tertiary/aromatic N) is 1. The fraction of sp³-hybridized carbons (Fsp3) is 0.727. The predicted molar refractivity (Wildman–Crippen MR) is 59.3 cm³/mol. The monoisotopic (exact) mass is 229 g/mol. The van der Waals surface area contributed by atoms with Gasteiger partial charge in [-0.1, -0.05) is 6.58 Å². The van der Waals surface area contributed by atoms with Crippen LogP contribution in [0, 0.1) is 0 Å². The van der Waals surface area contributed by atoms with E-state index >= 15 is 0 Å². The Kier molecular flexibility index (Phi) is 4.07. The van der Waals surface area contributed by atoms with Gasteiger partial charge in [-0.25, -0.2) is 4.79 Å². The van der Waals surface area contributed by atoms with Crippen molar-refractivity contribution < 1.29 is 19.7 Å². The van der Waals surface area contributed by atoms with Crippen LogP contribution >= 0.6 is 0 Å². The summed E-state index contributed by atoms with van der Waals surface area (Å²) < 4.78 is 5.63. The molecule has 0 spiro atoms. The van der Waals surface area contributed by atoms with E-state index in [0.29, 0.717) is 19.6 Å². The lowest BCUT2D eigenvalue weighted by atomic mass is 10.0. The molecule has 0 amide bonds. The summed E-state index contributed by atoms with van der Waals surface area (Å²) >= 11 is 0. The van der Waals surface area contributed by atoms with Gasteiger partial charge in [-0.3, -0.25) is 4.90 Å². The Balaban J connectivity index is 2.60. The predicted octanol–water partition coefficient (Wildman–Crippen LogP) is 0.0989. The van der Waals surface area contributed by atoms with Crippen LogP contribution in [0.4, 0.5) is 0 Å². The minimum atomic E-state index is -0.982. The van der Waals surface area contributed by atoms with Crippen LogP contribution in [0.15, 0.2) is 12.2 Å². The molecule has 0 aliphatic carbocycles. The third-order valence-corrected chi connectivity index (χ3v) is 2.47. The Bertz CT molecular complexity index is 288. The van der Waals surface area contributed by atoms with Gasteiger partial charge in [0, 0.05) is 25.2 Å². The first-order valence-corrected chi connectivity index (χ1v) is 5.26. The third kappa shape index (κ3) is 3.59. The molecule has 1 fully saturated rings. The van der Waals surface area contributed by atoms with E-state index in [9.17, 15) is 4.79 Å². The van der Waals surface area contributed by atoms with Gasteiger partial charge in [0.2, 0.25) is 0 Å². The molecule has 0 saturated carbocycles. The van der Waals surface area contributed by atoms with Gasteiger partial charge < -0.3 is 14.9 Å². The summed E-state index contributed by atoms with van der Waals surface area (Å²) in [6.45, 7) is 8.76. The summed E-state index contributed by atoms with van der Waals surface area (Å²) in [5.41, 5.74) is -0.209. The molecule has 1 heterocycles. The van der Waals surface area contributed by atoms with E-state index in [2.05, 4.69) is 6.58 Å². The molecule has 0 bridgehead atoms. The zero-order valence-electron chi connectivity index (χ0n) is 9.77. The molecule has 0 radical (unpaired) electrons. The van der Waals surface area contributed by atoms with Crippen molar-refractivity contribution in [2.75, 3.05) is 26.2 Å². The summed E-state index contributed by atoms with van der Waals surface area (Å²) in [6.07, 6.45) is -0.259. The maximum atomic E-state index is 10.7. The highest BCUT2D eigenvalue weighted by atomic mass is 16.5. The van der Waals surface area contributed by atoms with Gasteiger partial charge in [0.15, 0.2) is 0 Å². The summed E-state index contributed by atoms with van der Waals surface area (Å²) in [6, 6.07) is 0. The van der Waals surface area contributed by atoms with Gasteiger partial charge in [0.1, 0.15) is 0 Å². The van der Waals surface area contributed by atoms with Gasteiger partial charge >= 0.3 is 5.97 Å². The van der Waals surface area contributed by atoms with Crippen molar-refractivity contribution in [1.82, 2.24) is 4.90 Å². The van der Waals surface area contributed by atoms with Gasteiger partial charge in [0.25, 0.3) is 0 Å². The molecule has 92 valence electrons. The van der Waals surface area contributed by atoms with Crippen LogP contribution in [0.1, 0.15) is 13.8 Å². The maximum Gasteiger partial charge on any atom is 0.332 e. The van der Waals surface area contributed by atoms with E-state index in [1.807, 2.05) is 18.7 Å². The molecule has 1 rings (SSSR count). The molecule has 1 aliphatic rings. The third-order valence-electron chi connectivity index (χ3n) is 2.47. The topological polar surface area (TPSA) is 70.0 Å². The van der Waals surface area contributed by atoms with Crippen LogP contribution in [0.2, 0.25) is 0 Å². The second kappa shape index (κ2) is 4.95. The van der Waals surface area contributed by atoms with Gasteiger partial charge in [0.05, 0.1) is 18.3 Å². The highest BCUT2D eigenvalue weighted by Crippen LogP contribution is 2.21. The molecule has 16 heavy (non-hydrogen) atoms. The Hall–Kier alpha value is -0.910. The lowest BCUT2D eigenvalue weighted by molar-refractivity contribution is -0.149. The van der Waals surface area contributed by atoms with Crippen LogP contribution in [0.3, 0.4) is 0 Å². The Labute approximate surface area is 95.3 Å². The molecule has 5 nitrogen and oxygen atoms in total. The first-order chi connectivity index (χ1) is 7.34. The van der Waals surface area contributed by atoms with Crippen molar-refractivity contribution >= 4 is 5.97 Å².